The van der Waals surface area contributed by atoms with E-state index in [0.717, 1.165) is 12.5 Å². The molecule has 4 rings (SSSR count). The van der Waals surface area contributed by atoms with Crippen LogP contribution in [0.15, 0.2) is 47.3 Å². The first kappa shape index (κ1) is 21.9. The van der Waals surface area contributed by atoms with Crippen molar-refractivity contribution in [1.82, 2.24) is 15.1 Å². The van der Waals surface area contributed by atoms with Gasteiger partial charge in [-0.15, -0.1) is 0 Å². The van der Waals surface area contributed by atoms with Crippen LogP contribution in [-0.2, 0) is 6.54 Å². The summed E-state index contributed by atoms with van der Waals surface area (Å²) in [7, 11) is 0. The lowest BCUT2D eigenvalue weighted by Crippen LogP contribution is -2.34. The summed E-state index contributed by atoms with van der Waals surface area (Å²) >= 11 is 0. The third kappa shape index (κ3) is 4.49. The van der Waals surface area contributed by atoms with Crippen LogP contribution >= 0.6 is 0 Å². The van der Waals surface area contributed by atoms with Gasteiger partial charge in [-0.25, -0.2) is 13.5 Å². The van der Waals surface area contributed by atoms with E-state index in [4.69, 9.17) is 0 Å². The second-order valence-corrected chi connectivity index (χ2v) is 8.68. The van der Waals surface area contributed by atoms with E-state index in [0.29, 0.717) is 42.6 Å². The van der Waals surface area contributed by atoms with Crippen LogP contribution in [-0.4, -0.2) is 35.3 Å². The normalized spacial score (nSPS) is 16.2. The Kier molecular flexibility index (Phi) is 6.21. The molecule has 1 fully saturated rings. The second-order valence-electron chi connectivity index (χ2n) is 8.68. The number of rotatable bonds is 6. The van der Waals surface area contributed by atoms with Crippen LogP contribution in [0, 0.1) is 23.5 Å². The van der Waals surface area contributed by atoms with Crippen molar-refractivity contribution in [3.8, 4) is 0 Å². The average Bonchev–Trinajstić information content (AvgIpc) is 3.25. The number of carbonyl (C=O) groups is 1. The highest BCUT2D eigenvalue weighted by atomic mass is 19.2. The van der Waals surface area contributed by atoms with Gasteiger partial charge in [0.2, 0.25) is 0 Å². The van der Waals surface area contributed by atoms with Gasteiger partial charge >= 0.3 is 0 Å². The number of carbonyl (C=O) groups excluding carboxylic acids is 1. The monoisotopic (exact) mass is 440 g/mol. The molecule has 1 N–H and O–H groups in total. The Bertz CT molecular complexity index is 1210. The molecule has 1 aliphatic heterocycles. The smallest absolute Gasteiger partial charge is 0.274 e. The lowest BCUT2D eigenvalue weighted by atomic mass is 10.1. The largest absolute Gasteiger partial charge is 0.371 e. The molecule has 0 bridgehead atoms. The molecule has 3 aromatic rings. The van der Waals surface area contributed by atoms with Crippen LogP contribution < -0.4 is 15.8 Å². The van der Waals surface area contributed by atoms with Crippen molar-refractivity contribution in [2.24, 2.45) is 11.8 Å². The van der Waals surface area contributed by atoms with Gasteiger partial charge in [-0.1, -0.05) is 32.0 Å². The highest BCUT2D eigenvalue weighted by Crippen LogP contribution is 2.25. The molecule has 1 saturated heterocycles. The fourth-order valence-electron chi connectivity index (χ4n) is 4.11. The van der Waals surface area contributed by atoms with E-state index >= 15 is 0 Å². The second kappa shape index (κ2) is 9.06. The van der Waals surface area contributed by atoms with E-state index in [9.17, 15) is 18.4 Å². The maximum Gasteiger partial charge on any atom is 0.274 e. The van der Waals surface area contributed by atoms with Gasteiger partial charge in [0.05, 0.1) is 5.39 Å². The van der Waals surface area contributed by atoms with Gasteiger partial charge < -0.3 is 10.2 Å². The molecule has 6 nitrogen and oxygen atoms in total. The van der Waals surface area contributed by atoms with E-state index < -0.39 is 11.6 Å². The minimum atomic E-state index is -0.867. The predicted molar refractivity (Wildman–Crippen MR) is 120 cm³/mol. The quantitative estimate of drug-likeness (QED) is 0.636. The molecule has 1 aromatic heterocycles. The molecular formula is C24H26F2N4O2. The van der Waals surface area contributed by atoms with E-state index in [1.54, 1.807) is 30.3 Å². The number of anilines is 1. The van der Waals surface area contributed by atoms with Crippen molar-refractivity contribution in [2.45, 2.75) is 26.8 Å². The van der Waals surface area contributed by atoms with Crippen LogP contribution in [0.2, 0.25) is 0 Å². The predicted octanol–water partition coefficient (Wildman–Crippen LogP) is 3.59. The maximum absolute atomic E-state index is 13.5. The SMILES string of the molecule is CC(C)Cn1nc(C(=O)NCC2CCN(c3ccc(F)c(F)c3)C2)c2ccccc2c1=O. The summed E-state index contributed by atoms with van der Waals surface area (Å²) in [4.78, 5) is 27.7. The molecule has 2 aromatic carbocycles. The Hall–Kier alpha value is -3.29. The van der Waals surface area contributed by atoms with Crippen molar-refractivity contribution < 1.29 is 13.6 Å². The Morgan fingerprint density at radius 3 is 2.62 bits per heavy atom. The minimum absolute atomic E-state index is 0.167. The molecule has 1 amide bonds. The Morgan fingerprint density at radius 1 is 1.16 bits per heavy atom. The van der Waals surface area contributed by atoms with E-state index in [2.05, 4.69) is 10.4 Å². The number of aromatic nitrogens is 2. The van der Waals surface area contributed by atoms with Crippen molar-refractivity contribution in [3.05, 3.63) is 70.1 Å². The van der Waals surface area contributed by atoms with Crippen molar-refractivity contribution in [3.63, 3.8) is 0 Å². The van der Waals surface area contributed by atoms with Crippen LogP contribution in [0.1, 0.15) is 30.8 Å². The highest BCUT2D eigenvalue weighted by Gasteiger charge is 2.25. The fraction of sp³-hybridized carbons (Fsp3) is 0.375. The number of hydrogen-bond donors (Lipinski definition) is 1. The topological polar surface area (TPSA) is 67.2 Å². The molecule has 168 valence electrons. The summed E-state index contributed by atoms with van der Waals surface area (Å²) in [5.74, 6) is -1.69. The molecule has 1 aliphatic rings. The summed E-state index contributed by atoms with van der Waals surface area (Å²) in [6.07, 6.45) is 0.820. The molecule has 0 radical (unpaired) electrons. The molecule has 0 spiro atoms. The number of nitrogens with zero attached hydrogens (tertiary/aromatic N) is 3. The summed E-state index contributed by atoms with van der Waals surface area (Å²) < 4.78 is 28.1. The maximum atomic E-state index is 13.5. The van der Waals surface area contributed by atoms with Crippen LogP contribution in [0.25, 0.3) is 10.8 Å². The molecule has 1 atom stereocenters. The van der Waals surface area contributed by atoms with Gasteiger partial charge in [0.25, 0.3) is 11.5 Å². The van der Waals surface area contributed by atoms with Gasteiger partial charge in [-0.2, -0.15) is 5.10 Å². The van der Waals surface area contributed by atoms with Gasteiger partial charge in [-0.05, 0) is 36.5 Å². The Labute approximate surface area is 184 Å². The number of benzene rings is 2. The fourth-order valence-corrected chi connectivity index (χ4v) is 4.11. The standard InChI is InChI=1S/C24H26F2N4O2/c1-15(2)13-30-24(32)19-6-4-3-5-18(19)22(28-30)23(31)27-12-16-9-10-29(14-16)17-7-8-20(25)21(26)11-17/h3-8,11,15-16H,9-10,12-14H2,1-2H3,(H,27,31). The third-order valence-corrected chi connectivity index (χ3v) is 5.73. The van der Waals surface area contributed by atoms with E-state index in [1.165, 1.54) is 10.7 Å². The lowest BCUT2D eigenvalue weighted by molar-refractivity contribution is 0.0942. The van der Waals surface area contributed by atoms with E-state index in [1.807, 2.05) is 18.7 Å². The summed E-state index contributed by atoms with van der Waals surface area (Å²) in [5, 5.41) is 8.32. The van der Waals surface area contributed by atoms with Gasteiger partial charge in [-0.3, -0.25) is 9.59 Å². The first-order valence-corrected chi connectivity index (χ1v) is 10.8. The van der Waals surface area contributed by atoms with Crippen molar-refractivity contribution in [2.75, 3.05) is 24.5 Å². The molecule has 0 saturated carbocycles. The van der Waals surface area contributed by atoms with Crippen molar-refractivity contribution >= 4 is 22.4 Å². The lowest BCUT2D eigenvalue weighted by Gasteiger charge is -2.19. The average molecular weight is 440 g/mol. The number of amides is 1. The molecule has 32 heavy (non-hydrogen) atoms. The molecule has 8 heteroatoms. The minimum Gasteiger partial charge on any atom is -0.371 e. The number of nitrogens with one attached hydrogen (secondary N) is 1. The molecule has 2 heterocycles. The zero-order valence-electron chi connectivity index (χ0n) is 18.1. The first-order chi connectivity index (χ1) is 15.3. The molecule has 0 aliphatic carbocycles. The first-order valence-electron chi connectivity index (χ1n) is 10.8. The number of fused-ring (bicyclic) bond motifs is 1. The summed E-state index contributed by atoms with van der Waals surface area (Å²) in [6.45, 7) is 6.16. The summed E-state index contributed by atoms with van der Waals surface area (Å²) in [5.41, 5.74) is 0.659. The highest BCUT2D eigenvalue weighted by molar-refractivity contribution is 6.04. The number of halogens is 2. The van der Waals surface area contributed by atoms with E-state index in [-0.39, 0.29) is 29.0 Å². The zero-order valence-corrected chi connectivity index (χ0v) is 18.1. The van der Waals surface area contributed by atoms with Crippen LogP contribution in [0.4, 0.5) is 14.5 Å². The van der Waals surface area contributed by atoms with Gasteiger partial charge in [0.1, 0.15) is 0 Å². The Balaban J connectivity index is 1.48. The summed E-state index contributed by atoms with van der Waals surface area (Å²) in [6, 6.07) is 10.9. The van der Waals surface area contributed by atoms with Crippen LogP contribution in [0.5, 0.6) is 0 Å². The Morgan fingerprint density at radius 2 is 1.91 bits per heavy atom. The zero-order chi connectivity index (χ0) is 22.8. The van der Waals surface area contributed by atoms with Crippen LogP contribution in [0.3, 0.4) is 0 Å². The third-order valence-electron chi connectivity index (χ3n) is 5.73. The van der Waals surface area contributed by atoms with Crippen molar-refractivity contribution in [1.29, 1.82) is 0 Å². The number of hydrogen-bond acceptors (Lipinski definition) is 4. The van der Waals surface area contributed by atoms with Gasteiger partial charge in [0, 0.05) is 43.3 Å². The molecule has 1 unspecified atom stereocenters. The molecular weight excluding hydrogens is 414 g/mol. The van der Waals surface area contributed by atoms with Gasteiger partial charge in [0.15, 0.2) is 17.3 Å².